The molecule has 0 aromatic carbocycles. The molecule has 0 aliphatic heterocycles. The zero-order chi connectivity index (χ0) is 13.2. The topological polar surface area (TPSA) is 82.3 Å². The standard InChI is InChI=1S/C8H5F2IN2O4/c1-17-8(14)4-2-3(5(9)10)7(13(15)16)12-6(4)11/h2,5H,1H3. The Bertz CT molecular complexity index is 481. The molecule has 17 heavy (non-hydrogen) atoms. The van der Waals surface area contributed by atoms with Gasteiger partial charge in [0.25, 0.3) is 6.43 Å². The number of hydrogen-bond acceptors (Lipinski definition) is 5. The highest BCUT2D eigenvalue weighted by molar-refractivity contribution is 14.1. The zero-order valence-electron chi connectivity index (χ0n) is 8.32. The molecule has 0 N–H and O–H groups in total. The molecule has 0 saturated carbocycles. The van der Waals surface area contributed by atoms with Crippen molar-refractivity contribution in [3.63, 3.8) is 0 Å². The van der Waals surface area contributed by atoms with Crippen molar-refractivity contribution >= 4 is 34.4 Å². The summed E-state index contributed by atoms with van der Waals surface area (Å²) >= 11 is 1.54. The van der Waals surface area contributed by atoms with E-state index in [9.17, 15) is 23.7 Å². The fourth-order valence-electron chi connectivity index (χ4n) is 1.06. The van der Waals surface area contributed by atoms with Gasteiger partial charge in [-0.1, -0.05) is 0 Å². The lowest BCUT2D eigenvalue weighted by atomic mass is 10.2. The largest absolute Gasteiger partial charge is 0.465 e. The van der Waals surface area contributed by atoms with Crippen molar-refractivity contribution in [2.24, 2.45) is 0 Å². The van der Waals surface area contributed by atoms with Crippen LogP contribution in [0, 0.1) is 13.8 Å². The van der Waals surface area contributed by atoms with E-state index in [1.807, 2.05) is 0 Å². The van der Waals surface area contributed by atoms with E-state index in [0.717, 1.165) is 13.2 Å². The molecule has 0 saturated heterocycles. The van der Waals surface area contributed by atoms with Gasteiger partial charge in [-0.3, -0.25) is 0 Å². The van der Waals surface area contributed by atoms with Crippen molar-refractivity contribution in [2.45, 2.75) is 6.43 Å². The number of ether oxygens (including phenoxy) is 1. The molecule has 0 unspecified atom stereocenters. The highest BCUT2D eigenvalue weighted by Crippen LogP contribution is 2.29. The summed E-state index contributed by atoms with van der Waals surface area (Å²) in [6.45, 7) is 0. The van der Waals surface area contributed by atoms with Gasteiger partial charge in [-0.25, -0.2) is 13.6 Å². The molecule has 9 heteroatoms. The number of carbonyl (C=O) groups is 1. The minimum atomic E-state index is -3.09. The number of methoxy groups -OCH3 is 1. The minimum Gasteiger partial charge on any atom is -0.465 e. The fourth-order valence-corrected chi connectivity index (χ4v) is 1.66. The highest BCUT2D eigenvalue weighted by atomic mass is 127. The van der Waals surface area contributed by atoms with Crippen LogP contribution in [0.5, 0.6) is 0 Å². The Morgan fingerprint density at radius 2 is 2.24 bits per heavy atom. The van der Waals surface area contributed by atoms with Crippen molar-refractivity contribution in [3.05, 3.63) is 31.0 Å². The maximum absolute atomic E-state index is 12.6. The smallest absolute Gasteiger partial charge is 0.373 e. The molecule has 0 atom stereocenters. The second-order valence-corrected chi connectivity index (χ2v) is 3.81. The number of hydrogen-bond donors (Lipinski definition) is 0. The van der Waals surface area contributed by atoms with E-state index in [1.54, 1.807) is 0 Å². The van der Waals surface area contributed by atoms with Gasteiger partial charge in [0.05, 0.1) is 7.11 Å². The Kier molecular flexibility index (Phi) is 4.26. The third kappa shape index (κ3) is 2.84. The van der Waals surface area contributed by atoms with E-state index in [-0.39, 0.29) is 9.26 Å². The van der Waals surface area contributed by atoms with Crippen LogP contribution in [-0.2, 0) is 4.74 Å². The molecule has 0 spiro atoms. The van der Waals surface area contributed by atoms with Gasteiger partial charge in [-0.05, 0) is 16.0 Å². The van der Waals surface area contributed by atoms with E-state index in [4.69, 9.17) is 0 Å². The summed E-state index contributed by atoms with van der Waals surface area (Å²) in [6.07, 6.45) is -3.09. The molecule has 0 radical (unpaired) electrons. The molecule has 0 aliphatic rings. The predicted molar refractivity (Wildman–Crippen MR) is 59.9 cm³/mol. The number of pyridine rings is 1. The minimum absolute atomic E-state index is 0.0643. The first kappa shape index (κ1) is 13.7. The van der Waals surface area contributed by atoms with E-state index in [2.05, 4.69) is 9.72 Å². The Labute approximate surface area is 107 Å². The van der Waals surface area contributed by atoms with E-state index < -0.39 is 28.7 Å². The Morgan fingerprint density at radius 3 is 2.65 bits per heavy atom. The van der Waals surface area contributed by atoms with Gasteiger partial charge >= 0.3 is 11.8 Å². The monoisotopic (exact) mass is 358 g/mol. The van der Waals surface area contributed by atoms with Crippen LogP contribution >= 0.6 is 22.6 Å². The summed E-state index contributed by atoms with van der Waals surface area (Å²) in [5.74, 6) is -1.84. The van der Waals surface area contributed by atoms with Gasteiger partial charge in [-0.15, -0.1) is 0 Å². The molecule has 1 heterocycles. The molecule has 1 aromatic rings. The van der Waals surface area contributed by atoms with Crippen molar-refractivity contribution < 1.29 is 23.2 Å². The Hall–Kier alpha value is -1.39. The summed E-state index contributed by atoms with van der Waals surface area (Å²) in [6, 6.07) is 0.726. The first-order valence-electron chi connectivity index (χ1n) is 4.09. The third-order valence-electron chi connectivity index (χ3n) is 1.80. The molecular weight excluding hydrogens is 353 g/mol. The second-order valence-electron chi connectivity index (χ2n) is 2.79. The van der Waals surface area contributed by atoms with E-state index in [1.165, 1.54) is 22.6 Å². The predicted octanol–water partition coefficient (Wildman–Crippen LogP) is 2.32. The first-order chi connectivity index (χ1) is 7.88. The lowest BCUT2D eigenvalue weighted by Crippen LogP contribution is -2.09. The van der Waals surface area contributed by atoms with Gasteiger partial charge in [-0.2, -0.15) is 0 Å². The quantitative estimate of drug-likeness (QED) is 0.272. The summed E-state index contributed by atoms with van der Waals surface area (Å²) in [7, 11) is 1.07. The number of nitro groups is 1. The van der Waals surface area contributed by atoms with Crippen LogP contribution in [0.1, 0.15) is 22.3 Å². The molecule has 0 amide bonds. The average Bonchev–Trinajstić information content (AvgIpc) is 2.27. The number of carbonyl (C=O) groups excluding carboxylic acids is 1. The third-order valence-corrected chi connectivity index (χ3v) is 2.62. The summed E-state index contributed by atoms with van der Waals surface area (Å²) in [5, 5.41) is 10.5. The maximum atomic E-state index is 12.6. The van der Waals surface area contributed by atoms with Gasteiger partial charge in [0.15, 0.2) is 0 Å². The van der Waals surface area contributed by atoms with Crippen LogP contribution in [0.2, 0.25) is 0 Å². The highest BCUT2D eigenvalue weighted by Gasteiger charge is 2.28. The van der Waals surface area contributed by atoms with Gasteiger partial charge in [0, 0.05) is 22.6 Å². The van der Waals surface area contributed by atoms with Crippen LogP contribution in [-0.4, -0.2) is 23.0 Å². The van der Waals surface area contributed by atoms with Gasteiger partial charge < -0.3 is 14.9 Å². The number of aromatic nitrogens is 1. The van der Waals surface area contributed by atoms with Gasteiger partial charge in [0.1, 0.15) is 11.1 Å². The normalized spacial score (nSPS) is 10.4. The molecule has 6 nitrogen and oxygen atoms in total. The molecule has 1 aromatic heterocycles. The average molecular weight is 358 g/mol. The van der Waals surface area contributed by atoms with Crippen molar-refractivity contribution in [3.8, 4) is 0 Å². The van der Waals surface area contributed by atoms with Crippen LogP contribution in [0.15, 0.2) is 6.07 Å². The molecule has 0 bridgehead atoms. The number of nitrogens with zero attached hydrogens (tertiary/aromatic N) is 2. The summed E-state index contributed by atoms with van der Waals surface area (Å²) in [4.78, 5) is 24.1. The number of esters is 1. The summed E-state index contributed by atoms with van der Waals surface area (Å²) in [5.41, 5.74) is -1.13. The van der Waals surface area contributed by atoms with Crippen LogP contribution in [0.4, 0.5) is 14.6 Å². The van der Waals surface area contributed by atoms with Gasteiger partial charge in [0.2, 0.25) is 3.70 Å². The molecular formula is C8H5F2IN2O4. The van der Waals surface area contributed by atoms with Crippen LogP contribution in [0.3, 0.4) is 0 Å². The lowest BCUT2D eigenvalue weighted by Gasteiger charge is -2.04. The fraction of sp³-hybridized carbons (Fsp3) is 0.250. The summed E-state index contributed by atoms with van der Waals surface area (Å²) < 4.78 is 29.4. The number of alkyl halides is 2. The molecule has 1 rings (SSSR count). The number of rotatable bonds is 3. The van der Waals surface area contributed by atoms with E-state index >= 15 is 0 Å². The van der Waals surface area contributed by atoms with Crippen molar-refractivity contribution in [1.29, 1.82) is 0 Å². The van der Waals surface area contributed by atoms with E-state index in [0.29, 0.717) is 0 Å². The SMILES string of the molecule is COC(=O)c1cc(C(F)F)c([N+](=O)[O-])nc1I. The number of halogens is 3. The molecule has 92 valence electrons. The van der Waals surface area contributed by atoms with Crippen molar-refractivity contribution in [2.75, 3.05) is 7.11 Å². The maximum Gasteiger partial charge on any atom is 0.373 e. The zero-order valence-corrected chi connectivity index (χ0v) is 10.5. The Balaban J connectivity index is 3.45. The van der Waals surface area contributed by atoms with Crippen LogP contribution < -0.4 is 0 Å². The van der Waals surface area contributed by atoms with Crippen LogP contribution in [0.25, 0.3) is 0 Å². The lowest BCUT2D eigenvalue weighted by molar-refractivity contribution is -0.391. The molecule has 0 fully saturated rings. The Morgan fingerprint density at radius 1 is 1.65 bits per heavy atom. The second kappa shape index (κ2) is 5.29. The van der Waals surface area contributed by atoms with Crippen molar-refractivity contribution in [1.82, 2.24) is 4.98 Å². The first-order valence-corrected chi connectivity index (χ1v) is 5.17. The molecule has 0 aliphatic carbocycles.